The fourth-order valence-electron chi connectivity index (χ4n) is 1.42. The summed E-state index contributed by atoms with van der Waals surface area (Å²) in [4.78, 5) is 11.5. The number of rotatable bonds is 5. The second kappa shape index (κ2) is 7.07. The van der Waals surface area contributed by atoms with E-state index in [-0.39, 0.29) is 12.5 Å². The van der Waals surface area contributed by atoms with Crippen LogP contribution in [0.1, 0.15) is 11.1 Å². The zero-order valence-corrected chi connectivity index (χ0v) is 12.4. The maximum Gasteiger partial charge on any atom is 0.277 e. The maximum atomic E-state index is 11.5. The molecule has 0 unspecified atom stereocenters. The Bertz CT molecular complexity index is 612. The summed E-state index contributed by atoms with van der Waals surface area (Å²) in [6.45, 7) is 1.78. The third-order valence-electron chi connectivity index (χ3n) is 2.45. The van der Waals surface area contributed by atoms with Crippen molar-refractivity contribution in [3.8, 4) is 5.75 Å². The number of aryl methyl sites for hydroxylation is 1. The summed E-state index contributed by atoms with van der Waals surface area (Å²) in [6.07, 6.45) is 1.58. The second-order valence-corrected chi connectivity index (χ2v) is 5.24. The van der Waals surface area contributed by atoms with Crippen LogP contribution in [0, 0.1) is 6.92 Å². The van der Waals surface area contributed by atoms with E-state index in [4.69, 9.17) is 16.3 Å². The zero-order valence-electron chi connectivity index (χ0n) is 10.8. The van der Waals surface area contributed by atoms with E-state index in [1.165, 1.54) is 0 Å². The lowest BCUT2D eigenvalue weighted by molar-refractivity contribution is -0.123. The van der Waals surface area contributed by atoms with Crippen LogP contribution in [-0.4, -0.2) is 18.7 Å². The number of amides is 1. The van der Waals surface area contributed by atoms with Gasteiger partial charge in [-0.05, 0) is 47.5 Å². The number of carbonyl (C=O) groups excluding carboxylic acids is 1. The Hall–Kier alpha value is -1.85. The Morgan fingerprint density at radius 3 is 3.05 bits per heavy atom. The van der Waals surface area contributed by atoms with Gasteiger partial charge in [0, 0.05) is 10.6 Å². The van der Waals surface area contributed by atoms with Gasteiger partial charge in [0.2, 0.25) is 0 Å². The van der Waals surface area contributed by atoms with E-state index < -0.39 is 0 Å². The van der Waals surface area contributed by atoms with Crippen LogP contribution in [0.4, 0.5) is 0 Å². The molecule has 0 saturated heterocycles. The molecule has 2 rings (SSSR count). The molecule has 2 aromatic rings. The molecule has 104 valence electrons. The number of thiophene rings is 1. The predicted octanol–water partition coefficient (Wildman–Crippen LogP) is 3.24. The van der Waals surface area contributed by atoms with Crippen molar-refractivity contribution in [2.24, 2.45) is 5.10 Å². The highest BCUT2D eigenvalue weighted by Gasteiger charge is 2.03. The van der Waals surface area contributed by atoms with E-state index in [2.05, 4.69) is 10.5 Å². The number of hydrogen-bond donors (Lipinski definition) is 1. The first kappa shape index (κ1) is 14.6. The van der Waals surface area contributed by atoms with Gasteiger partial charge in [0.1, 0.15) is 5.75 Å². The molecule has 1 aromatic carbocycles. The molecule has 0 bridgehead atoms. The molecule has 0 aliphatic rings. The molecule has 0 radical (unpaired) electrons. The number of hydrazone groups is 1. The van der Waals surface area contributed by atoms with Gasteiger partial charge in [0.05, 0.1) is 6.21 Å². The number of ether oxygens (including phenoxy) is 1. The van der Waals surface area contributed by atoms with Crippen LogP contribution in [0.3, 0.4) is 0 Å². The minimum atomic E-state index is -0.316. The van der Waals surface area contributed by atoms with Crippen LogP contribution in [0.2, 0.25) is 5.02 Å². The van der Waals surface area contributed by atoms with Crippen molar-refractivity contribution in [1.82, 2.24) is 5.43 Å². The summed E-state index contributed by atoms with van der Waals surface area (Å²) in [7, 11) is 0. The monoisotopic (exact) mass is 308 g/mol. The second-order valence-electron chi connectivity index (χ2n) is 4.05. The van der Waals surface area contributed by atoms with E-state index in [1.54, 1.807) is 35.8 Å². The van der Waals surface area contributed by atoms with Crippen molar-refractivity contribution in [3.63, 3.8) is 0 Å². The van der Waals surface area contributed by atoms with E-state index in [1.807, 2.05) is 23.8 Å². The van der Waals surface area contributed by atoms with Crippen molar-refractivity contribution < 1.29 is 9.53 Å². The normalized spacial score (nSPS) is 10.7. The van der Waals surface area contributed by atoms with Crippen LogP contribution >= 0.6 is 22.9 Å². The van der Waals surface area contributed by atoms with Crippen LogP contribution < -0.4 is 10.2 Å². The van der Waals surface area contributed by atoms with Gasteiger partial charge in [0.25, 0.3) is 5.91 Å². The van der Waals surface area contributed by atoms with Gasteiger partial charge < -0.3 is 4.74 Å². The van der Waals surface area contributed by atoms with Crippen molar-refractivity contribution in [3.05, 3.63) is 51.2 Å². The van der Waals surface area contributed by atoms with Gasteiger partial charge >= 0.3 is 0 Å². The molecular weight excluding hydrogens is 296 g/mol. The molecule has 0 atom stereocenters. The highest BCUT2D eigenvalue weighted by atomic mass is 35.5. The summed E-state index contributed by atoms with van der Waals surface area (Å²) in [5, 5.41) is 8.38. The number of nitrogens with zero attached hydrogens (tertiary/aromatic N) is 1. The first-order valence-electron chi connectivity index (χ1n) is 5.88. The van der Waals surface area contributed by atoms with Crippen molar-refractivity contribution >= 4 is 35.1 Å². The molecule has 0 saturated carbocycles. The molecule has 4 nitrogen and oxygen atoms in total. The standard InChI is InChI=1S/C14H13ClN2O2S/c1-10-6-12(2-3-13(10)15)19-8-14(18)17-16-7-11-4-5-20-9-11/h2-7,9H,8H2,1H3,(H,17,18). The van der Waals surface area contributed by atoms with Crippen molar-refractivity contribution in [1.29, 1.82) is 0 Å². The van der Waals surface area contributed by atoms with E-state index in [9.17, 15) is 4.79 Å². The Morgan fingerprint density at radius 2 is 2.35 bits per heavy atom. The average Bonchev–Trinajstić information content (AvgIpc) is 2.93. The highest BCUT2D eigenvalue weighted by molar-refractivity contribution is 7.08. The number of benzene rings is 1. The van der Waals surface area contributed by atoms with Gasteiger partial charge in [-0.1, -0.05) is 11.6 Å². The van der Waals surface area contributed by atoms with Crippen LogP contribution in [0.15, 0.2) is 40.1 Å². The minimum Gasteiger partial charge on any atom is -0.484 e. The molecule has 0 fully saturated rings. The molecule has 20 heavy (non-hydrogen) atoms. The SMILES string of the molecule is Cc1cc(OCC(=O)NN=Cc2ccsc2)ccc1Cl. The smallest absolute Gasteiger partial charge is 0.277 e. The topological polar surface area (TPSA) is 50.7 Å². The fraction of sp³-hybridized carbons (Fsp3) is 0.143. The largest absolute Gasteiger partial charge is 0.484 e. The quantitative estimate of drug-likeness (QED) is 0.681. The lowest BCUT2D eigenvalue weighted by Gasteiger charge is -2.06. The van der Waals surface area contributed by atoms with E-state index >= 15 is 0 Å². The molecule has 1 heterocycles. The van der Waals surface area contributed by atoms with Crippen LogP contribution in [-0.2, 0) is 4.79 Å². The molecule has 0 aliphatic heterocycles. The Kier molecular flexibility index (Phi) is 5.15. The van der Waals surface area contributed by atoms with Crippen molar-refractivity contribution in [2.75, 3.05) is 6.61 Å². The molecule has 1 N–H and O–H groups in total. The first-order valence-corrected chi connectivity index (χ1v) is 7.20. The zero-order chi connectivity index (χ0) is 14.4. The molecule has 0 spiro atoms. The van der Waals surface area contributed by atoms with Crippen LogP contribution in [0.5, 0.6) is 5.75 Å². The lowest BCUT2D eigenvalue weighted by Crippen LogP contribution is -2.24. The van der Waals surface area contributed by atoms with Gasteiger partial charge in [-0.15, -0.1) is 0 Å². The van der Waals surface area contributed by atoms with Gasteiger partial charge in [-0.25, -0.2) is 5.43 Å². The number of carbonyl (C=O) groups is 1. The molecule has 0 aliphatic carbocycles. The summed E-state index contributed by atoms with van der Waals surface area (Å²) in [6, 6.07) is 7.15. The van der Waals surface area contributed by atoms with Crippen LogP contribution in [0.25, 0.3) is 0 Å². The maximum absolute atomic E-state index is 11.5. The van der Waals surface area contributed by atoms with Gasteiger partial charge in [0.15, 0.2) is 6.61 Å². The summed E-state index contributed by atoms with van der Waals surface area (Å²) in [5.74, 6) is 0.285. The molecular formula is C14H13ClN2O2S. The first-order chi connectivity index (χ1) is 9.65. The average molecular weight is 309 g/mol. The molecule has 6 heteroatoms. The predicted molar refractivity (Wildman–Crippen MR) is 81.7 cm³/mol. The molecule has 1 aromatic heterocycles. The number of hydrogen-bond acceptors (Lipinski definition) is 4. The van der Waals surface area contributed by atoms with Gasteiger partial charge in [-0.2, -0.15) is 16.4 Å². The minimum absolute atomic E-state index is 0.0952. The number of halogens is 1. The van der Waals surface area contributed by atoms with E-state index in [0.717, 1.165) is 11.1 Å². The third kappa shape index (κ3) is 4.36. The van der Waals surface area contributed by atoms with Crippen molar-refractivity contribution in [2.45, 2.75) is 6.92 Å². The molecule has 1 amide bonds. The Labute approximate surface area is 126 Å². The Balaban J connectivity index is 1.78. The Morgan fingerprint density at radius 1 is 1.50 bits per heavy atom. The summed E-state index contributed by atoms with van der Waals surface area (Å²) in [5.41, 5.74) is 4.25. The highest BCUT2D eigenvalue weighted by Crippen LogP contribution is 2.20. The fourth-order valence-corrected chi connectivity index (χ4v) is 2.14. The third-order valence-corrected chi connectivity index (χ3v) is 3.57. The lowest BCUT2D eigenvalue weighted by atomic mass is 10.2. The summed E-state index contributed by atoms with van der Waals surface area (Å²) >= 11 is 7.48. The van der Waals surface area contributed by atoms with Gasteiger partial charge in [-0.3, -0.25) is 4.79 Å². The van der Waals surface area contributed by atoms with E-state index in [0.29, 0.717) is 10.8 Å². The number of nitrogens with one attached hydrogen (secondary N) is 1. The summed E-state index contributed by atoms with van der Waals surface area (Å²) < 4.78 is 5.35.